The lowest BCUT2D eigenvalue weighted by molar-refractivity contribution is 0.669. The molecule has 7 aromatic carbocycles. The quantitative estimate of drug-likeness (QED) is 0.204. The third-order valence-electron chi connectivity index (χ3n) is 9.88. The van der Waals surface area contributed by atoms with Crippen molar-refractivity contribution >= 4 is 86.2 Å². The summed E-state index contributed by atoms with van der Waals surface area (Å²) in [4.78, 5) is 3.70. The molecule has 11 aromatic rings. The second-order valence-corrected chi connectivity index (χ2v) is 13.6. The van der Waals surface area contributed by atoms with E-state index in [1.165, 1.54) is 42.1 Å². The number of aromatic nitrogens is 3. The molecular weight excluding hydrogens is 607 g/mol. The maximum atomic E-state index is 6.44. The van der Waals surface area contributed by atoms with Crippen molar-refractivity contribution in [2.75, 3.05) is 0 Å². The number of fused-ring (bicyclic) bond motifs is 11. The van der Waals surface area contributed by atoms with Gasteiger partial charge in [0.1, 0.15) is 16.9 Å². The third-order valence-corrected chi connectivity index (χ3v) is 11.1. The van der Waals surface area contributed by atoms with Crippen LogP contribution in [0.5, 0.6) is 0 Å². The average Bonchev–Trinajstić information content (AvgIpc) is 3.92. The van der Waals surface area contributed by atoms with E-state index in [4.69, 9.17) is 9.52 Å². The Morgan fingerprint density at radius 2 is 1.25 bits per heavy atom. The van der Waals surface area contributed by atoms with Crippen molar-refractivity contribution in [3.63, 3.8) is 0 Å². The predicted molar refractivity (Wildman–Crippen MR) is 202 cm³/mol. The summed E-state index contributed by atoms with van der Waals surface area (Å²) in [5.74, 6) is 0. The second-order valence-electron chi connectivity index (χ2n) is 12.5. The molecule has 224 valence electrons. The van der Waals surface area contributed by atoms with E-state index in [0.717, 1.165) is 66.3 Å². The van der Waals surface area contributed by atoms with Crippen molar-refractivity contribution in [2.45, 2.75) is 0 Å². The number of para-hydroxylation sites is 2. The maximum absolute atomic E-state index is 6.44. The van der Waals surface area contributed by atoms with E-state index in [-0.39, 0.29) is 0 Å². The molecule has 0 unspecified atom stereocenters. The maximum Gasteiger partial charge on any atom is 0.137 e. The molecule has 0 aliphatic carbocycles. The number of nitrogens with one attached hydrogen (secondary N) is 2. The van der Waals surface area contributed by atoms with E-state index in [9.17, 15) is 0 Å². The van der Waals surface area contributed by atoms with Gasteiger partial charge in [0.05, 0.1) is 16.4 Å². The van der Waals surface area contributed by atoms with E-state index < -0.39 is 0 Å². The van der Waals surface area contributed by atoms with E-state index in [2.05, 4.69) is 144 Å². The van der Waals surface area contributed by atoms with Crippen molar-refractivity contribution in [1.29, 1.82) is 0 Å². The van der Waals surface area contributed by atoms with Crippen molar-refractivity contribution in [2.24, 2.45) is 0 Å². The molecule has 0 saturated heterocycles. The highest BCUT2D eigenvalue weighted by molar-refractivity contribution is 7.26. The van der Waals surface area contributed by atoms with Crippen molar-refractivity contribution in [1.82, 2.24) is 15.2 Å². The van der Waals surface area contributed by atoms with Gasteiger partial charge in [-0.15, -0.1) is 11.3 Å². The Balaban J connectivity index is 1.19. The summed E-state index contributed by atoms with van der Waals surface area (Å²) in [5, 5.41) is 16.4. The Bertz CT molecular complexity index is 3080. The Hall–Kier alpha value is -6.17. The fourth-order valence-electron chi connectivity index (χ4n) is 7.65. The number of hydrogen-bond donors (Lipinski definition) is 2. The smallest absolute Gasteiger partial charge is 0.137 e. The Labute approximate surface area is 277 Å². The second kappa shape index (κ2) is 9.67. The summed E-state index contributed by atoms with van der Waals surface area (Å²) >= 11 is 1.86. The monoisotopic (exact) mass is 631 g/mol. The third kappa shape index (κ3) is 3.62. The van der Waals surface area contributed by atoms with Gasteiger partial charge in [0, 0.05) is 52.8 Å². The van der Waals surface area contributed by atoms with Crippen LogP contribution in [-0.4, -0.2) is 15.2 Å². The predicted octanol–water partition coefficient (Wildman–Crippen LogP) is 12.5. The largest absolute Gasteiger partial charge is 0.456 e. The van der Waals surface area contributed by atoms with E-state index in [1.54, 1.807) is 0 Å². The van der Waals surface area contributed by atoms with Crippen LogP contribution < -0.4 is 0 Å². The molecule has 5 heteroatoms. The summed E-state index contributed by atoms with van der Waals surface area (Å²) in [6.07, 6.45) is 0. The summed E-state index contributed by atoms with van der Waals surface area (Å²) in [5.41, 5.74) is 11.7. The Kier molecular flexibility index (Phi) is 5.23. The number of benzene rings is 7. The van der Waals surface area contributed by atoms with Gasteiger partial charge >= 0.3 is 0 Å². The number of rotatable bonds is 3. The molecule has 0 saturated carbocycles. The summed E-state index contributed by atoms with van der Waals surface area (Å²) < 4.78 is 9.05. The molecule has 0 fully saturated rings. The molecule has 0 spiro atoms. The van der Waals surface area contributed by atoms with Gasteiger partial charge in [-0.25, -0.2) is 0 Å². The lowest BCUT2D eigenvalue weighted by Gasteiger charge is -2.13. The SMILES string of the molecule is c1ccc2c(-c3ccc(-c4cccc5c4sc4ccccc45)cc3-c3ccc4oc5ccc6c7ccccc7[nH]c6c5c4c3)n[nH]c2c1. The number of H-pyrrole nitrogens is 2. The van der Waals surface area contributed by atoms with E-state index >= 15 is 0 Å². The van der Waals surface area contributed by atoms with Crippen molar-refractivity contribution < 1.29 is 4.42 Å². The molecule has 0 aliphatic rings. The van der Waals surface area contributed by atoms with E-state index in [1.807, 2.05) is 17.4 Å². The molecule has 11 rings (SSSR count). The molecule has 0 radical (unpaired) electrons. The first-order valence-corrected chi connectivity index (χ1v) is 16.9. The molecule has 4 heterocycles. The first kappa shape index (κ1) is 26.0. The van der Waals surface area contributed by atoms with Crippen LogP contribution in [0.2, 0.25) is 0 Å². The topological polar surface area (TPSA) is 57.6 Å². The van der Waals surface area contributed by atoms with Gasteiger partial charge in [-0.05, 0) is 70.8 Å². The van der Waals surface area contributed by atoms with Crippen LogP contribution in [0.25, 0.3) is 108 Å². The highest BCUT2D eigenvalue weighted by Crippen LogP contribution is 2.44. The highest BCUT2D eigenvalue weighted by atomic mass is 32.1. The van der Waals surface area contributed by atoms with Crippen molar-refractivity contribution in [3.8, 4) is 33.5 Å². The molecule has 4 aromatic heterocycles. The Morgan fingerprint density at radius 1 is 0.500 bits per heavy atom. The van der Waals surface area contributed by atoms with Crippen LogP contribution in [0.1, 0.15) is 0 Å². The fourth-order valence-corrected chi connectivity index (χ4v) is 8.89. The first-order valence-electron chi connectivity index (χ1n) is 16.1. The van der Waals surface area contributed by atoms with Crippen LogP contribution in [-0.2, 0) is 0 Å². The zero-order valence-electron chi connectivity index (χ0n) is 25.5. The summed E-state index contributed by atoms with van der Waals surface area (Å²) in [7, 11) is 0. The van der Waals surface area contributed by atoms with Crippen LogP contribution in [0, 0.1) is 0 Å². The summed E-state index contributed by atoms with van der Waals surface area (Å²) in [6, 6.07) is 49.9. The molecule has 0 bridgehead atoms. The van der Waals surface area contributed by atoms with Gasteiger partial charge in [0.25, 0.3) is 0 Å². The minimum atomic E-state index is 0.873. The van der Waals surface area contributed by atoms with Gasteiger partial charge in [-0.2, -0.15) is 5.10 Å². The highest BCUT2D eigenvalue weighted by Gasteiger charge is 2.19. The minimum Gasteiger partial charge on any atom is -0.456 e. The Morgan fingerprint density at radius 3 is 2.19 bits per heavy atom. The number of nitrogens with zero attached hydrogens (tertiary/aromatic N) is 1. The van der Waals surface area contributed by atoms with Crippen LogP contribution in [0.15, 0.2) is 144 Å². The lowest BCUT2D eigenvalue weighted by Crippen LogP contribution is -1.89. The molecule has 4 nitrogen and oxygen atoms in total. The zero-order chi connectivity index (χ0) is 31.3. The fraction of sp³-hybridized carbons (Fsp3) is 0. The number of thiophene rings is 1. The summed E-state index contributed by atoms with van der Waals surface area (Å²) in [6.45, 7) is 0. The van der Waals surface area contributed by atoms with Crippen LogP contribution >= 0.6 is 11.3 Å². The number of furan rings is 1. The van der Waals surface area contributed by atoms with Gasteiger partial charge in [-0.1, -0.05) is 91.0 Å². The van der Waals surface area contributed by atoms with Crippen LogP contribution in [0.3, 0.4) is 0 Å². The minimum absolute atomic E-state index is 0.873. The first-order chi connectivity index (χ1) is 23.8. The van der Waals surface area contributed by atoms with Crippen molar-refractivity contribution in [3.05, 3.63) is 140 Å². The molecule has 0 atom stereocenters. The van der Waals surface area contributed by atoms with Gasteiger partial charge in [0.2, 0.25) is 0 Å². The standard InChI is InChI=1S/C43H25N3OS/c1-4-13-35-27(8-1)29-19-21-38-40(42(29)44-35)34-23-25(17-20-37(34)47-38)33-22-24(16-18-30(33)41-32-10-2-5-14-36(32)45-46-41)26-11-7-12-31-28-9-3-6-15-39(28)48-43(26)31/h1-23,44H,(H,45,46). The molecule has 0 amide bonds. The van der Waals surface area contributed by atoms with E-state index in [0.29, 0.717) is 0 Å². The van der Waals surface area contributed by atoms with Crippen LogP contribution in [0.4, 0.5) is 0 Å². The molecule has 0 aliphatic heterocycles. The van der Waals surface area contributed by atoms with Gasteiger partial charge in [-0.3, -0.25) is 5.10 Å². The number of aromatic amines is 2. The van der Waals surface area contributed by atoms with Gasteiger partial charge in [0.15, 0.2) is 0 Å². The normalized spacial score (nSPS) is 12.2. The molecule has 2 N–H and O–H groups in total. The number of hydrogen-bond acceptors (Lipinski definition) is 3. The average molecular weight is 632 g/mol. The zero-order valence-corrected chi connectivity index (χ0v) is 26.4. The van der Waals surface area contributed by atoms with Gasteiger partial charge < -0.3 is 9.40 Å². The lowest BCUT2D eigenvalue weighted by atomic mass is 9.91. The molecular formula is C43H25N3OS. The molecule has 48 heavy (non-hydrogen) atoms.